The number of hydrogen-bond donors (Lipinski definition) is 0. The molecular weight excluding hydrogens is 221 g/mol. The summed E-state index contributed by atoms with van der Waals surface area (Å²) in [6.45, 7) is 0.387. The quantitative estimate of drug-likeness (QED) is 0.744. The third kappa shape index (κ3) is 2.78. The van der Waals surface area contributed by atoms with Crippen LogP contribution in [0, 0.1) is 17.3 Å². The van der Waals surface area contributed by atoms with Crippen LogP contribution in [0.5, 0.6) is 0 Å². The first-order chi connectivity index (χ1) is 8.22. The normalized spacial score (nSPS) is 14.1. The second-order valence-corrected chi connectivity index (χ2v) is 3.98. The Labute approximate surface area is 98.7 Å². The molecular formula is C12H12FN3O. The Hall–Kier alpha value is -1.96. The molecule has 4 nitrogen and oxygen atoms in total. The lowest BCUT2D eigenvalue weighted by molar-refractivity contribution is 0.0739. The molecule has 1 aliphatic carbocycles. The summed E-state index contributed by atoms with van der Waals surface area (Å²) >= 11 is 0. The number of amides is 1. The van der Waals surface area contributed by atoms with Crippen molar-refractivity contribution in [2.24, 2.45) is 0 Å². The van der Waals surface area contributed by atoms with Crippen molar-refractivity contribution in [3.63, 3.8) is 0 Å². The highest BCUT2D eigenvalue weighted by molar-refractivity contribution is 5.92. The smallest absolute Gasteiger partial charge is 0.272 e. The molecule has 1 aliphatic rings. The Kier molecular flexibility index (Phi) is 3.33. The molecule has 0 bridgehead atoms. The number of halogens is 1. The molecule has 1 aromatic rings. The van der Waals surface area contributed by atoms with Crippen molar-refractivity contribution < 1.29 is 9.18 Å². The number of nitrogens with zero attached hydrogens (tertiary/aromatic N) is 3. The van der Waals surface area contributed by atoms with Gasteiger partial charge in [-0.05, 0) is 25.0 Å². The fourth-order valence-corrected chi connectivity index (χ4v) is 1.68. The number of nitriles is 1. The highest BCUT2D eigenvalue weighted by Crippen LogP contribution is 2.28. The molecule has 1 aromatic heterocycles. The summed E-state index contributed by atoms with van der Waals surface area (Å²) < 4.78 is 12.9. The zero-order valence-electron chi connectivity index (χ0n) is 9.27. The zero-order valence-corrected chi connectivity index (χ0v) is 9.27. The van der Waals surface area contributed by atoms with E-state index in [0.29, 0.717) is 6.54 Å². The summed E-state index contributed by atoms with van der Waals surface area (Å²) in [5, 5.41) is 8.55. The SMILES string of the molecule is N#CCCN(C(=O)c1cccc(F)n1)C1CC1. The molecule has 1 saturated carbocycles. The maximum atomic E-state index is 12.9. The maximum absolute atomic E-state index is 12.9. The standard InChI is InChI=1S/C12H12FN3O/c13-11-4-1-3-10(15-11)12(17)16(8-2-7-14)9-5-6-9/h1,3-4,9H,2,5-6,8H2. The molecule has 2 rings (SSSR count). The molecule has 0 saturated heterocycles. The Balaban J connectivity index is 2.13. The van der Waals surface area contributed by atoms with Gasteiger partial charge in [-0.1, -0.05) is 6.07 Å². The number of pyridine rings is 1. The summed E-state index contributed by atoms with van der Waals surface area (Å²) in [5.74, 6) is -0.950. The minimum absolute atomic E-state index is 0.106. The van der Waals surface area contributed by atoms with Crippen molar-refractivity contribution in [1.29, 1.82) is 5.26 Å². The van der Waals surface area contributed by atoms with Crippen LogP contribution >= 0.6 is 0 Å². The average Bonchev–Trinajstić information content (AvgIpc) is 3.14. The van der Waals surface area contributed by atoms with E-state index >= 15 is 0 Å². The minimum Gasteiger partial charge on any atom is -0.333 e. The monoisotopic (exact) mass is 233 g/mol. The van der Waals surface area contributed by atoms with Gasteiger partial charge in [0.1, 0.15) is 5.69 Å². The molecule has 0 radical (unpaired) electrons. The van der Waals surface area contributed by atoms with E-state index in [-0.39, 0.29) is 24.1 Å². The second-order valence-electron chi connectivity index (χ2n) is 3.98. The molecule has 0 spiro atoms. The van der Waals surface area contributed by atoms with Crippen molar-refractivity contribution in [3.05, 3.63) is 29.8 Å². The van der Waals surface area contributed by atoms with Crippen molar-refractivity contribution in [1.82, 2.24) is 9.88 Å². The number of hydrogen-bond acceptors (Lipinski definition) is 3. The number of carbonyl (C=O) groups is 1. The van der Waals surface area contributed by atoms with Crippen LogP contribution in [0.15, 0.2) is 18.2 Å². The van der Waals surface area contributed by atoms with Gasteiger partial charge in [0.15, 0.2) is 0 Å². The predicted molar refractivity (Wildman–Crippen MR) is 58.5 cm³/mol. The molecule has 88 valence electrons. The van der Waals surface area contributed by atoms with Crippen molar-refractivity contribution >= 4 is 5.91 Å². The van der Waals surface area contributed by atoms with E-state index in [1.165, 1.54) is 18.2 Å². The Morgan fingerprint density at radius 3 is 2.94 bits per heavy atom. The van der Waals surface area contributed by atoms with Crippen molar-refractivity contribution in [2.75, 3.05) is 6.54 Å². The summed E-state index contributed by atoms with van der Waals surface area (Å²) in [5.41, 5.74) is 0.106. The van der Waals surface area contributed by atoms with Crippen LogP contribution in [0.1, 0.15) is 29.8 Å². The number of rotatable bonds is 4. The van der Waals surface area contributed by atoms with Crippen LogP contribution < -0.4 is 0 Å². The molecule has 1 amide bonds. The van der Waals surface area contributed by atoms with E-state index in [0.717, 1.165) is 12.8 Å². The first-order valence-electron chi connectivity index (χ1n) is 5.53. The summed E-state index contributed by atoms with van der Waals surface area (Å²) in [6, 6.07) is 6.36. The summed E-state index contributed by atoms with van der Waals surface area (Å²) in [7, 11) is 0. The van der Waals surface area contributed by atoms with Gasteiger partial charge in [-0.2, -0.15) is 9.65 Å². The van der Waals surface area contributed by atoms with Crippen LogP contribution in [-0.2, 0) is 0 Å². The molecule has 0 aliphatic heterocycles. The van der Waals surface area contributed by atoms with Crippen molar-refractivity contribution in [3.8, 4) is 6.07 Å². The van der Waals surface area contributed by atoms with Gasteiger partial charge in [0.25, 0.3) is 5.91 Å². The lowest BCUT2D eigenvalue weighted by Gasteiger charge is -2.20. The van der Waals surface area contributed by atoms with Gasteiger partial charge in [-0.15, -0.1) is 0 Å². The molecule has 17 heavy (non-hydrogen) atoms. The molecule has 0 aromatic carbocycles. The molecule has 0 atom stereocenters. The average molecular weight is 233 g/mol. The first-order valence-corrected chi connectivity index (χ1v) is 5.53. The summed E-state index contributed by atoms with van der Waals surface area (Å²) in [4.78, 5) is 17.3. The molecule has 1 fully saturated rings. The van der Waals surface area contributed by atoms with E-state index in [2.05, 4.69) is 4.98 Å². The zero-order chi connectivity index (χ0) is 12.3. The van der Waals surface area contributed by atoms with E-state index in [4.69, 9.17) is 5.26 Å². The van der Waals surface area contributed by atoms with E-state index in [9.17, 15) is 9.18 Å². The highest BCUT2D eigenvalue weighted by Gasteiger charge is 2.33. The molecule has 5 heteroatoms. The second kappa shape index (κ2) is 4.91. The lowest BCUT2D eigenvalue weighted by Crippen LogP contribution is -2.34. The van der Waals surface area contributed by atoms with Gasteiger partial charge >= 0.3 is 0 Å². The third-order valence-corrected chi connectivity index (χ3v) is 2.65. The van der Waals surface area contributed by atoms with Crippen LogP contribution in [0.2, 0.25) is 0 Å². The van der Waals surface area contributed by atoms with Gasteiger partial charge in [-0.25, -0.2) is 4.98 Å². The van der Waals surface area contributed by atoms with Crippen LogP contribution in [0.4, 0.5) is 4.39 Å². The Bertz CT molecular complexity index is 465. The molecule has 0 N–H and O–H groups in total. The van der Waals surface area contributed by atoms with Gasteiger partial charge in [0.2, 0.25) is 5.95 Å². The minimum atomic E-state index is -0.660. The summed E-state index contributed by atoms with van der Waals surface area (Å²) in [6.07, 6.45) is 2.19. The fourth-order valence-electron chi connectivity index (χ4n) is 1.68. The van der Waals surface area contributed by atoms with Crippen molar-refractivity contribution in [2.45, 2.75) is 25.3 Å². The third-order valence-electron chi connectivity index (χ3n) is 2.65. The van der Waals surface area contributed by atoms with E-state index in [1.54, 1.807) is 4.90 Å². The first kappa shape index (κ1) is 11.5. The van der Waals surface area contributed by atoms with Gasteiger partial charge in [0.05, 0.1) is 12.5 Å². The molecule has 0 unspecified atom stereocenters. The van der Waals surface area contributed by atoms with Crippen LogP contribution in [0.25, 0.3) is 0 Å². The fraction of sp³-hybridized carbons (Fsp3) is 0.417. The largest absolute Gasteiger partial charge is 0.333 e. The predicted octanol–water partition coefficient (Wildman–Crippen LogP) is 1.74. The van der Waals surface area contributed by atoms with E-state index in [1.807, 2.05) is 6.07 Å². The maximum Gasteiger partial charge on any atom is 0.272 e. The Morgan fingerprint density at radius 1 is 1.59 bits per heavy atom. The van der Waals surface area contributed by atoms with Crippen LogP contribution in [-0.4, -0.2) is 28.4 Å². The lowest BCUT2D eigenvalue weighted by atomic mass is 10.3. The van der Waals surface area contributed by atoms with Gasteiger partial charge in [0, 0.05) is 12.6 Å². The Morgan fingerprint density at radius 2 is 2.35 bits per heavy atom. The van der Waals surface area contributed by atoms with Gasteiger partial charge < -0.3 is 4.90 Å². The number of carbonyl (C=O) groups excluding carboxylic acids is 1. The van der Waals surface area contributed by atoms with E-state index < -0.39 is 5.95 Å². The van der Waals surface area contributed by atoms with Crippen LogP contribution in [0.3, 0.4) is 0 Å². The highest BCUT2D eigenvalue weighted by atomic mass is 19.1. The molecule has 1 heterocycles. The topological polar surface area (TPSA) is 57.0 Å². The van der Waals surface area contributed by atoms with Gasteiger partial charge in [-0.3, -0.25) is 4.79 Å². The number of aromatic nitrogens is 1.